The summed E-state index contributed by atoms with van der Waals surface area (Å²) in [4.78, 5) is 4.58. The summed E-state index contributed by atoms with van der Waals surface area (Å²) in [6.45, 7) is 1.24. The number of pyridine rings is 1. The normalized spacial score (nSPS) is 10.8. The molecule has 7 heteroatoms. The smallest absolute Gasteiger partial charge is 0.247 e. The van der Waals surface area contributed by atoms with Crippen molar-refractivity contribution in [2.24, 2.45) is 5.73 Å². The summed E-state index contributed by atoms with van der Waals surface area (Å²) in [5, 5.41) is 7.87. The Morgan fingerprint density at radius 1 is 0.966 bits per heavy atom. The third kappa shape index (κ3) is 4.30. The van der Waals surface area contributed by atoms with Gasteiger partial charge in [0.05, 0.1) is 19.4 Å². The van der Waals surface area contributed by atoms with Crippen molar-refractivity contribution in [3.63, 3.8) is 0 Å². The Morgan fingerprint density at radius 2 is 1.72 bits per heavy atom. The minimum atomic E-state index is 0.530. The molecule has 0 saturated heterocycles. The zero-order valence-corrected chi connectivity index (χ0v) is 16.2. The third-order valence-electron chi connectivity index (χ3n) is 4.47. The van der Waals surface area contributed by atoms with E-state index in [9.17, 15) is 0 Å². The van der Waals surface area contributed by atoms with E-state index < -0.39 is 0 Å². The van der Waals surface area contributed by atoms with Crippen LogP contribution in [0.4, 0.5) is 11.6 Å². The number of methoxy groups -OCH3 is 1. The molecule has 2 aromatic heterocycles. The Morgan fingerprint density at radius 3 is 2.45 bits per heavy atom. The number of nitrogens with zero attached hydrogens (tertiary/aromatic N) is 3. The Balaban J connectivity index is 1.54. The average molecular weight is 389 g/mol. The summed E-state index contributed by atoms with van der Waals surface area (Å²) in [6.07, 6.45) is 0.835. The number of rotatable bonds is 8. The molecule has 7 nitrogen and oxygen atoms in total. The topological polar surface area (TPSA) is 86.7 Å². The molecule has 148 valence electrons. The summed E-state index contributed by atoms with van der Waals surface area (Å²) in [7, 11) is 1.66. The number of hydrogen-bond donors (Lipinski definition) is 2. The molecule has 2 aromatic carbocycles. The van der Waals surface area contributed by atoms with Crippen LogP contribution in [0.2, 0.25) is 0 Å². The molecule has 0 unspecified atom stereocenters. The lowest BCUT2D eigenvalue weighted by Gasteiger charge is -2.07. The third-order valence-corrected chi connectivity index (χ3v) is 4.47. The van der Waals surface area contributed by atoms with Crippen LogP contribution < -0.4 is 20.5 Å². The van der Waals surface area contributed by atoms with Crippen LogP contribution in [-0.2, 0) is 0 Å². The van der Waals surface area contributed by atoms with E-state index in [2.05, 4.69) is 15.4 Å². The molecular weight excluding hydrogens is 366 g/mol. The highest BCUT2D eigenvalue weighted by atomic mass is 16.5. The Bertz CT molecular complexity index is 1070. The Kier molecular flexibility index (Phi) is 5.58. The van der Waals surface area contributed by atoms with E-state index in [0.717, 1.165) is 40.5 Å². The maximum absolute atomic E-state index is 5.63. The molecule has 0 bridgehead atoms. The lowest BCUT2D eigenvalue weighted by Crippen LogP contribution is -2.06. The van der Waals surface area contributed by atoms with Gasteiger partial charge in [0.25, 0.3) is 0 Å². The van der Waals surface area contributed by atoms with E-state index >= 15 is 0 Å². The van der Waals surface area contributed by atoms with Crippen LogP contribution in [0, 0.1) is 0 Å². The number of fused-ring (bicyclic) bond motifs is 1. The first-order chi connectivity index (χ1) is 14.3. The van der Waals surface area contributed by atoms with Gasteiger partial charge in [0.2, 0.25) is 5.95 Å². The predicted molar refractivity (Wildman–Crippen MR) is 114 cm³/mol. The zero-order chi connectivity index (χ0) is 20.1. The molecule has 2 heterocycles. The molecular formula is C22H23N5O2. The molecule has 0 radical (unpaired) electrons. The molecule has 29 heavy (non-hydrogen) atoms. The minimum Gasteiger partial charge on any atom is -0.497 e. The Labute approximate surface area is 169 Å². The van der Waals surface area contributed by atoms with Gasteiger partial charge in [0.1, 0.15) is 11.5 Å². The summed E-state index contributed by atoms with van der Waals surface area (Å²) >= 11 is 0. The molecule has 0 amide bonds. The fourth-order valence-electron chi connectivity index (χ4n) is 2.98. The predicted octanol–water partition coefficient (Wildman–Crippen LogP) is 3.88. The highest BCUT2D eigenvalue weighted by Gasteiger charge is 2.09. The molecule has 0 spiro atoms. The van der Waals surface area contributed by atoms with Crippen LogP contribution in [0.15, 0.2) is 66.7 Å². The zero-order valence-electron chi connectivity index (χ0n) is 16.2. The maximum Gasteiger partial charge on any atom is 0.247 e. The van der Waals surface area contributed by atoms with Gasteiger partial charge in [0, 0.05) is 11.3 Å². The van der Waals surface area contributed by atoms with Crippen LogP contribution >= 0.6 is 0 Å². The first kappa shape index (κ1) is 18.8. The molecule has 0 saturated carbocycles. The van der Waals surface area contributed by atoms with E-state index in [1.54, 1.807) is 7.11 Å². The van der Waals surface area contributed by atoms with Gasteiger partial charge in [-0.05, 0) is 73.6 Å². The number of benzene rings is 2. The van der Waals surface area contributed by atoms with Crippen LogP contribution in [0.5, 0.6) is 11.5 Å². The first-order valence-corrected chi connectivity index (χ1v) is 9.47. The molecule has 0 atom stereocenters. The molecule has 0 aliphatic heterocycles. The second-order valence-corrected chi connectivity index (χ2v) is 6.49. The Hall–Kier alpha value is -3.58. The molecule has 0 aliphatic carbocycles. The van der Waals surface area contributed by atoms with Gasteiger partial charge in [-0.25, -0.2) is 4.52 Å². The number of aromatic nitrogens is 3. The van der Waals surface area contributed by atoms with Crippen molar-refractivity contribution in [3.05, 3.63) is 66.7 Å². The second-order valence-electron chi connectivity index (χ2n) is 6.49. The van der Waals surface area contributed by atoms with Crippen LogP contribution in [-0.4, -0.2) is 34.9 Å². The van der Waals surface area contributed by atoms with E-state index in [1.165, 1.54) is 0 Å². The molecule has 4 aromatic rings. The summed E-state index contributed by atoms with van der Waals surface area (Å²) in [5.41, 5.74) is 9.12. The van der Waals surface area contributed by atoms with E-state index in [0.29, 0.717) is 19.1 Å². The summed E-state index contributed by atoms with van der Waals surface area (Å²) in [6, 6.07) is 21.5. The van der Waals surface area contributed by atoms with E-state index in [1.807, 2.05) is 71.2 Å². The fourth-order valence-corrected chi connectivity index (χ4v) is 2.98. The second kappa shape index (κ2) is 8.62. The van der Waals surface area contributed by atoms with Crippen LogP contribution in [0.25, 0.3) is 16.9 Å². The molecule has 0 aliphatic rings. The van der Waals surface area contributed by atoms with Crippen molar-refractivity contribution in [1.82, 2.24) is 14.6 Å². The molecule has 0 fully saturated rings. The van der Waals surface area contributed by atoms with Gasteiger partial charge in [0.15, 0.2) is 5.65 Å². The highest BCUT2D eigenvalue weighted by Crippen LogP contribution is 2.24. The molecule has 4 rings (SSSR count). The van der Waals surface area contributed by atoms with Crippen molar-refractivity contribution in [2.45, 2.75) is 6.42 Å². The van der Waals surface area contributed by atoms with Gasteiger partial charge < -0.3 is 20.5 Å². The average Bonchev–Trinajstić information content (AvgIpc) is 3.18. The monoisotopic (exact) mass is 389 g/mol. The van der Waals surface area contributed by atoms with E-state index in [4.69, 9.17) is 15.2 Å². The lowest BCUT2D eigenvalue weighted by atomic mass is 10.1. The number of nitrogens with two attached hydrogens (primary N) is 1. The fraction of sp³-hybridized carbons (Fsp3) is 0.182. The number of nitrogens with one attached hydrogen (secondary N) is 1. The van der Waals surface area contributed by atoms with Gasteiger partial charge in [-0.15, -0.1) is 5.10 Å². The van der Waals surface area contributed by atoms with Crippen molar-refractivity contribution in [3.8, 4) is 22.8 Å². The van der Waals surface area contributed by atoms with Gasteiger partial charge >= 0.3 is 0 Å². The SMILES string of the molecule is COc1ccc(-c2cccc3nc(Nc4ccc(OCCCN)cc4)nn23)cc1. The number of anilines is 2. The van der Waals surface area contributed by atoms with Crippen molar-refractivity contribution < 1.29 is 9.47 Å². The van der Waals surface area contributed by atoms with Gasteiger partial charge in [-0.3, -0.25) is 0 Å². The van der Waals surface area contributed by atoms with Crippen LogP contribution in [0.3, 0.4) is 0 Å². The number of hydrogen-bond acceptors (Lipinski definition) is 6. The van der Waals surface area contributed by atoms with Gasteiger partial charge in [-0.1, -0.05) is 6.07 Å². The standard InChI is InChI=1S/C22H23N5O2/c1-28-18-10-6-16(7-11-18)20-4-2-5-21-25-22(26-27(20)21)24-17-8-12-19(13-9-17)29-15-3-14-23/h2,4-13H,3,14-15,23H2,1H3,(H,24,26). The summed E-state index contributed by atoms with van der Waals surface area (Å²) in [5.74, 6) is 2.16. The quantitative estimate of drug-likeness (QED) is 0.445. The van der Waals surface area contributed by atoms with Crippen LogP contribution in [0.1, 0.15) is 6.42 Å². The van der Waals surface area contributed by atoms with Crippen molar-refractivity contribution >= 4 is 17.3 Å². The van der Waals surface area contributed by atoms with Gasteiger partial charge in [-0.2, -0.15) is 4.98 Å². The number of ether oxygens (including phenoxy) is 2. The first-order valence-electron chi connectivity index (χ1n) is 9.47. The summed E-state index contributed by atoms with van der Waals surface area (Å²) < 4.78 is 12.7. The van der Waals surface area contributed by atoms with Crippen molar-refractivity contribution in [1.29, 1.82) is 0 Å². The largest absolute Gasteiger partial charge is 0.497 e. The maximum atomic E-state index is 5.63. The lowest BCUT2D eigenvalue weighted by molar-refractivity contribution is 0.313. The minimum absolute atomic E-state index is 0.530. The van der Waals surface area contributed by atoms with E-state index in [-0.39, 0.29) is 0 Å². The van der Waals surface area contributed by atoms with Crippen molar-refractivity contribution in [2.75, 3.05) is 25.6 Å². The highest BCUT2D eigenvalue weighted by molar-refractivity contribution is 5.65. The molecule has 3 N–H and O–H groups in total.